The van der Waals surface area contributed by atoms with Crippen LogP contribution >= 0.6 is 24.8 Å². The predicted octanol–water partition coefficient (Wildman–Crippen LogP) is 0.955. The molecular weight excluding hydrogens is 209 g/mol. The van der Waals surface area contributed by atoms with Gasteiger partial charge in [-0.1, -0.05) is 0 Å². The first-order chi connectivity index (χ1) is 4.61. The summed E-state index contributed by atoms with van der Waals surface area (Å²) in [6.07, 6.45) is -0.176. The van der Waals surface area contributed by atoms with Crippen molar-refractivity contribution < 1.29 is 8.78 Å². The largest absolute Gasteiger partial charge is 0.325 e. The van der Waals surface area contributed by atoms with Crippen LogP contribution in [0.15, 0.2) is 0 Å². The van der Waals surface area contributed by atoms with Crippen LogP contribution in [0.2, 0.25) is 0 Å². The fourth-order valence-corrected chi connectivity index (χ4v) is 0.363. The molecule has 2 aliphatic rings. The highest BCUT2D eigenvalue weighted by molar-refractivity contribution is 5.85. The smallest absolute Gasteiger partial charge is 0.117 e. The van der Waals surface area contributed by atoms with E-state index in [1.807, 2.05) is 0 Å². The average Bonchev–Trinajstić information content (AvgIpc) is 2.62. The van der Waals surface area contributed by atoms with E-state index in [9.17, 15) is 8.78 Å². The molecule has 0 aromatic heterocycles. The quantitative estimate of drug-likeness (QED) is 0.642. The van der Waals surface area contributed by atoms with Crippen LogP contribution in [0.4, 0.5) is 8.78 Å². The van der Waals surface area contributed by atoms with Crippen molar-refractivity contribution in [2.45, 2.75) is 37.3 Å². The second-order valence-electron chi connectivity index (χ2n) is 2.83. The van der Waals surface area contributed by atoms with E-state index in [0.717, 1.165) is 0 Å². The van der Waals surface area contributed by atoms with E-state index < -0.39 is 12.3 Å². The summed E-state index contributed by atoms with van der Waals surface area (Å²) >= 11 is 0. The minimum atomic E-state index is -0.671. The van der Waals surface area contributed by atoms with Gasteiger partial charge < -0.3 is 11.5 Å². The molecule has 0 amide bonds. The molecule has 0 aromatic rings. The van der Waals surface area contributed by atoms with E-state index in [1.54, 1.807) is 0 Å². The zero-order chi connectivity index (χ0) is 7.72. The van der Waals surface area contributed by atoms with E-state index >= 15 is 0 Å². The SMILES string of the molecule is Cl.Cl.N[C@@H]1C[C@@H]1F.N[C@H]1C[C@H]1F. The van der Waals surface area contributed by atoms with Gasteiger partial charge in [-0.15, -0.1) is 24.8 Å². The number of alkyl halides is 2. The molecule has 4 atom stereocenters. The Morgan fingerprint density at radius 2 is 0.917 bits per heavy atom. The van der Waals surface area contributed by atoms with E-state index in [4.69, 9.17) is 11.5 Å². The van der Waals surface area contributed by atoms with Gasteiger partial charge in [-0.25, -0.2) is 8.78 Å². The molecular formula is C6H14Cl2F2N2. The van der Waals surface area contributed by atoms with E-state index in [0.29, 0.717) is 12.8 Å². The number of hydrogen-bond donors (Lipinski definition) is 2. The van der Waals surface area contributed by atoms with Gasteiger partial charge in [0.1, 0.15) is 12.3 Å². The van der Waals surface area contributed by atoms with Gasteiger partial charge in [0, 0.05) is 12.1 Å². The van der Waals surface area contributed by atoms with Crippen molar-refractivity contribution in [2.75, 3.05) is 0 Å². The Morgan fingerprint density at radius 1 is 0.833 bits per heavy atom. The van der Waals surface area contributed by atoms with Crippen LogP contribution in [0.5, 0.6) is 0 Å². The molecule has 2 fully saturated rings. The van der Waals surface area contributed by atoms with Crippen molar-refractivity contribution in [1.82, 2.24) is 0 Å². The Morgan fingerprint density at radius 3 is 0.917 bits per heavy atom. The normalized spacial score (nSPS) is 41.0. The van der Waals surface area contributed by atoms with Crippen LogP contribution in [0.25, 0.3) is 0 Å². The van der Waals surface area contributed by atoms with E-state index in [1.165, 1.54) is 0 Å². The Kier molecular flexibility index (Phi) is 7.32. The third-order valence-electron chi connectivity index (χ3n) is 1.52. The summed E-state index contributed by atoms with van der Waals surface area (Å²) in [6.45, 7) is 0. The number of halogens is 4. The highest BCUT2D eigenvalue weighted by atomic mass is 35.5. The molecule has 12 heavy (non-hydrogen) atoms. The molecule has 0 aliphatic heterocycles. The first-order valence-electron chi connectivity index (χ1n) is 3.40. The van der Waals surface area contributed by atoms with Crippen LogP contribution in [-0.2, 0) is 0 Å². The molecule has 0 bridgehead atoms. The average molecular weight is 223 g/mol. The Bertz CT molecular complexity index is 102. The molecule has 4 N–H and O–H groups in total. The molecule has 76 valence electrons. The van der Waals surface area contributed by atoms with Crippen LogP contribution < -0.4 is 11.5 Å². The van der Waals surface area contributed by atoms with Crippen molar-refractivity contribution in [3.63, 3.8) is 0 Å². The minimum Gasteiger partial charge on any atom is -0.325 e. The van der Waals surface area contributed by atoms with Gasteiger partial charge in [0.15, 0.2) is 0 Å². The topological polar surface area (TPSA) is 52.0 Å². The first-order valence-corrected chi connectivity index (χ1v) is 3.40. The molecule has 0 unspecified atom stereocenters. The van der Waals surface area contributed by atoms with Crippen molar-refractivity contribution in [3.05, 3.63) is 0 Å². The number of nitrogens with two attached hydrogens (primary N) is 2. The van der Waals surface area contributed by atoms with Gasteiger partial charge in [0.05, 0.1) is 0 Å². The Hall–Kier alpha value is 0.360. The minimum absolute atomic E-state index is 0. The zero-order valence-electron chi connectivity index (χ0n) is 6.45. The zero-order valence-corrected chi connectivity index (χ0v) is 8.08. The van der Waals surface area contributed by atoms with Crippen molar-refractivity contribution in [1.29, 1.82) is 0 Å². The molecule has 0 spiro atoms. The third-order valence-corrected chi connectivity index (χ3v) is 1.52. The van der Waals surface area contributed by atoms with Crippen LogP contribution in [0, 0.1) is 0 Å². The van der Waals surface area contributed by atoms with Gasteiger partial charge in [-0.3, -0.25) is 0 Å². The summed E-state index contributed by atoms with van der Waals surface area (Å²) in [7, 11) is 0. The molecule has 2 saturated carbocycles. The molecule has 0 heterocycles. The summed E-state index contributed by atoms with van der Waals surface area (Å²) in [5.74, 6) is 0. The van der Waals surface area contributed by atoms with Crippen molar-refractivity contribution in [3.8, 4) is 0 Å². The molecule has 0 aromatic carbocycles. The summed E-state index contributed by atoms with van der Waals surface area (Å²) in [6, 6.07) is -0.231. The Labute approximate surface area is 82.9 Å². The predicted molar refractivity (Wildman–Crippen MR) is 49.5 cm³/mol. The van der Waals surface area contributed by atoms with Crippen LogP contribution in [0.1, 0.15) is 12.8 Å². The maximum atomic E-state index is 11.4. The summed E-state index contributed by atoms with van der Waals surface area (Å²) < 4.78 is 22.8. The van der Waals surface area contributed by atoms with Crippen molar-refractivity contribution in [2.24, 2.45) is 11.5 Å². The van der Waals surface area contributed by atoms with Gasteiger partial charge >= 0.3 is 0 Å². The number of rotatable bonds is 0. The second kappa shape index (κ2) is 5.91. The lowest BCUT2D eigenvalue weighted by atomic mass is 10.8. The molecule has 2 nitrogen and oxygen atoms in total. The monoisotopic (exact) mass is 222 g/mol. The molecule has 2 aliphatic carbocycles. The maximum absolute atomic E-state index is 11.4. The van der Waals surface area contributed by atoms with Gasteiger partial charge in [-0.05, 0) is 12.8 Å². The highest BCUT2D eigenvalue weighted by Gasteiger charge is 2.33. The lowest BCUT2D eigenvalue weighted by molar-refractivity contribution is 0.467. The van der Waals surface area contributed by atoms with Gasteiger partial charge in [-0.2, -0.15) is 0 Å². The Balaban J connectivity index is 0. The molecule has 6 heteroatoms. The van der Waals surface area contributed by atoms with E-state index in [2.05, 4.69) is 0 Å². The fourth-order valence-electron chi connectivity index (χ4n) is 0.363. The summed E-state index contributed by atoms with van der Waals surface area (Å²) in [5, 5.41) is 0. The van der Waals surface area contributed by atoms with Gasteiger partial charge in [0.25, 0.3) is 0 Å². The lowest BCUT2D eigenvalue weighted by Crippen LogP contribution is -2.00. The maximum Gasteiger partial charge on any atom is 0.117 e. The lowest BCUT2D eigenvalue weighted by Gasteiger charge is -1.66. The fraction of sp³-hybridized carbons (Fsp3) is 1.00. The van der Waals surface area contributed by atoms with Crippen LogP contribution in [-0.4, -0.2) is 24.4 Å². The third kappa shape index (κ3) is 5.94. The second-order valence-corrected chi connectivity index (χ2v) is 2.83. The standard InChI is InChI=1S/2C3H6FN.2ClH/c2*4-2-1-3(2)5;;/h2*2-3H,1,5H2;2*1H/t2*2-,3+;;/m10../s1. The van der Waals surface area contributed by atoms with Gasteiger partial charge in [0.2, 0.25) is 0 Å². The molecule has 0 radical (unpaired) electrons. The summed E-state index contributed by atoms with van der Waals surface area (Å²) in [4.78, 5) is 0. The summed E-state index contributed by atoms with van der Waals surface area (Å²) in [5.41, 5.74) is 9.98. The number of hydrogen-bond acceptors (Lipinski definition) is 2. The van der Waals surface area contributed by atoms with Crippen molar-refractivity contribution >= 4 is 24.8 Å². The first kappa shape index (κ1) is 14.9. The molecule has 0 saturated heterocycles. The molecule has 2 rings (SSSR count). The van der Waals surface area contributed by atoms with Crippen LogP contribution in [0.3, 0.4) is 0 Å². The van der Waals surface area contributed by atoms with E-state index in [-0.39, 0.29) is 36.9 Å². The highest BCUT2D eigenvalue weighted by Crippen LogP contribution is 2.21.